The predicted molar refractivity (Wildman–Crippen MR) is 143 cm³/mol. The van der Waals surface area contributed by atoms with Crippen molar-refractivity contribution in [1.82, 2.24) is 19.4 Å². The van der Waals surface area contributed by atoms with E-state index >= 15 is 0 Å². The molecular weight excluding hydrogens is 490 g/mol. The normalized spacial score (nSPS) is 19.0. The van der Waals surface area contributed by atoms with Crippen molar-refractivity contribution >= 4 is 27.5 Å². The van der Waals surface area contributed by atoms with Crippen LogP contribution in [0.2, 0.25) is 0 Å². The van der Waals surface area contributed by atoms with E-state index in [1.165, 1.54) is 30.1 Å². The number of piperazine rings is 1. The molecule has 10 heteroatoms. The fourth-order valence-corrected chi connectivity index (χ4v) is 5.94. The van der Waals surface area contributed by atoms with Gasteiger partial charge in [-0.3, -0.25) is 13.9 Å². The number of sulfonamides is 1. The van der Waals surface area contributed by atoms with Gasteiger partial charge in [-0.15, -0.1) is 0 Å². The van der Waals surface area contributed by atoms with E-state index in [-0.39, 0.29) is 11.3 Å². The Kier molecular flexibility index (Phi) is 8.63. The summed E-state index contributed by atoms with van der Waals surface area (Å²) in [6.45, 7) is 7.39. The van der Waals surface area contributed by atoms with Gasteiger partial charge in [0.05, 0.1) is 11.3 Å². The number of hydrogen-bond donors (Lipinski definition) is 2. The zero-order valence-corrected chi connectivity index (χ0v) is 22.2. The lowest BCUT2D eigenvalue weighted by Crippen LogP contribution is -2.50. The van der Waals surface area contributed by atoms with Crippen LogP contribution in [0.5, 0.6) is 0 Å². The van der Waals surface area contributed by atoms with Crippen LogP contribution in [0, 0.1) is 6.92 Å². The lowest BCUT2D eigenvalue weighted by molar-refractivity contribution is -0.127. The largest absolute Gasteiger partial charge is 0.329 e. The molecule has 2 aromatic rings. The van der Waals surface area contributed by atoms with Crippen LogP contribution in [0.1, 0.15) is 24.0 Å². The summed E-state index contributed by atoms with van der Waals surface area (Å²) in [6.07, 6.45) is 4.27. The molecule has 0 aromatic heterocycles. The van der Waals surface area contributed by atoms with Gasteiger partial charge in [-0.05, 0) is 63.2 Å². The van der Waals surface area contributed by atoms with Crippen LogP contribution in [0.3, 0.4) is 0 Å². The maximum absolute atomic E-state index is 13.2. The minimum absolute atomic E-state index is 0.0612. The second kappa shape index (κ2) is 11.9. The SMILES string of the molecule is Cc1ccc(S(=O)(=O)N2C=CNC(=O)[C@H]2CC(=O)Nc2ccc(CCCN3CCN(C)CC3)cc2)cc1. The quantitative estimate of drug-likeness (QED) is 0.520. The number of nitrogens with one attached hydrogen (secondary N) is 2. The summed E-state index contributed by atoms with van der Waals surface area (Å²) < 4.78 is 27.3. The third kappa shape index (κ3) is 6.97. The van der Waals surface area contributed by atoms with Crippen molar-refractivity contribution in [2.45, 2.75) is 37.1 Å². The number of amides is 2. The highest BCUT2D eigenvalue weighted by Gasteiger charge is 2.37. The van der Waals surface area contributed by atoms with Crippen LogP contribution in [0.25, 0.3) is 0 Å². The predicted octanol–water partition coefficient (Wildman–Crippen LogP) is 2.16. The first-order chi connectivity index (χ1) is 17.7. The molecule has 0 radical (unpaired) electrons. The standard InChI is InChI=1S/C27H35N5O4S/c1-21-5-11-24(12-6-21)37(35,36)32-15-13-28-27(34)25(32)20-26(33)29-23-9-7-22(8-10-23)4-3-14-31-18-16-30(2)17-19-31/h5-13,15,25H,3-4,14,16-20H2,1-2H3,(H,28,34)(H,29,33)/t25-/m1/s1. The van der Waals surface area contributed by atoms with E-state index in [2.05, 4.69) is 27.5 Å². The molecule has 2 heterocycles. The summed E-state index contributed by atoms with van der Waals surface area (Å²) in [7, 11) is -1.85. The topological polar surface area (TPSA) is 102 Å². The van der Waals surface area contributed by atoms with Crippen molar-refractivity contribution < 1.29 is 18.0 Å². The number of hydrogen-bond acceptors (Lipinski definition) is 6. The molecule has 2 amide bonds. The summed E-state index contributed by atoms with van der Waals surface area (Å²) in [5, 5.41) is 5.30. The monoisotopic (exact) mass is 525 g/mol. The van der Waals surface area contributed by atoms with Crippen molar-refractivity contribution in [2.24, 2.45) is 0 Å². The van der Waals surface area contributed by atoms with Crippen LogP contribution < -0.4 is 10.6 Å². The Balaban J connectivity index is 1.32. The minimum atomic E-state index is -4.01. The first kappa shape index (κ1) is 26.8. The smallest absolute Gasteiger partial charge is 0.264 e. The van der Waals surface area contributed by atoms with E-state index in [1.807, 2.05) is 31.2 Å². The molecule has 2 aromatic carbocycles. The molecule has 1 fully saturated rings. The Hall–Kier alpha value is -3.21. The van der Waals surface area contributed by atoms with E-state index < -0.39 is 27.9 Å². The maximum atomic E-state index is 13.2. The van der Waals surface area contributed by atoms with Gasteiger partial charge < -0.3 is 20.4 Å². The third-order valence-corrected chi connectivity index (χ3v) is 8.60. The molecule has 0 bridgehead atoms. The van der Waals surface area contributed by atoms with Crippen LogP contribution in [0.15, 0.2) is 65.8 Å². The number of benzene rings is 2. The van der Waals surface area contributed by atoms with Gasteiger partial charge in [-0.2, -0.15) is 0 Å². The average Bonchev–Trinajstić information content (AvgIpc) is 2.87. The molecule has 0 unspecified atom stereocenters. The molecule has 2 N–H and O–H groups in total. The van der Waals surface area contributed by atoms with Crippen LogP contribution in [-0.4, -0.2) is 80.2 Å². The molecule has 9 nitrogen and oxygen atoms in total. The average molecular weight is 526 g/mol. The van der Waals surface area contributed by atoms with E-state index in [0.717, 1.165) is 55.4 Å². The van der Waals surface area contributed by atoms with E-state index in [1.54, 1.807) is 12.1 Å². The molecule has 0 aliphatic carbocycles. The van der Waals surface area contributed by atoms with Gasteiger partial charge in [0, 0.05) is 44.3 Å². The summed E-state index contributed by atoms with van der Waals surface area (Å²) in [5.41, 5.74) is 2.72. The first-order valence-electron chi connectivity index (χ1n) is 12.6. The number of aryl methyl sites for hydroxylation is 2. The molecule has 2 aliphatic rings. The van der Waals surface area contributed by atoms with E-state index in [4.69, 9.17) is 0 Å². The molecule has 1 atom stereocenters. The molecule has 0 spiro atoms. The minimum Gasteiger partial charge on any atom is -0.329 e. The van der Waals surface area contributed by atoms with Gasteiger partial charge in [0.2, 0.25) is 11.8 Å². The van der Waals surface area contributed by atoms with E-state index in [0.29, 0.717) is 5.69 Å². The highest BCUT2D eigenvalue weighted by Crippen LogP contribution is 2.23. The molecule has 198 valence electrons. The number of carbonyl (C=O) groups excluding carboxylic acids is 2. The molecular formula is C27H35N5O4S. The Bertz CT molecular complexity index is 1220. The highest BCUT2D eigenvalue weighted by atomic mass is 32.2. The van der Waals surface area contributed by atoms with Crippen LogP contribution >= 0.6 is 0 Å². The lowest BCUT2D eigenvalue weighted by Gasteiger charge is -2.32. The molecule has 4 rings (SSSR count). The second-order valence-corrected chi connectivity index (χ2v) is 11.5. The fourth-order valence-electron chi connectivity index (χ4n) is 4.49. The van der Waals surface area contributed by atoms with Gasteiger partial charge in [-0.25, -0.2) is 8.42 Å². The Morgan fingerprint density at radius 3 is 2.38 bits per heavy atom. The third-order valence-electron chi connectivity index (χ3n) is 6.81. The van der Waals surface area contributed by atoms with Crippen molar-refractivity contribution in [2.75, 3.05) is 45.1 Å². The fraction of sp³-hybridized carbons (Fsp3) is 0.407. The van der Waals surface area contributed by atoms with Crippen molar-refractivity contribution in [3.63, 3.8) is 0 Å². The number of anilines is 1. The lowest BCUT2D eigenvalue weighted by atomic mass is 10.1. The highest BCUT2D eigenvalue weighted by molar-refractivity contribution is 7.89. The van der Waals surface area contributed by atoms with Crippen LogP contribution in [0.4, 0.5) is 5.69 Å². The number of rotatable bonds is 9. The van der Waals surface area contributed by atoms with Crippen LogP contribution in [-0.2, 0) is 26.0 Å². The number of likely N-dealkylation sites (N-methyl/N-ethyl adjacent to an activating group) is 1. The van der Waals surface area contributed by atoms with Gasteiger partial charge in [0.15, 0.2) is 0 Å². The number of nitrogens with zero attached hydrogens (tertiary/aromatic N) is 3. The Morgan fingerprint density at radius 1 is 1.03 bits per heavy atom. The Labute approximate surface area is 219 Å². The molecule has 1 saturated heterocycles. The summed E-state index contributed by atoms with van der Waals surface area (Å²) in [5.74, 6) is -0.994. The van der Waals surface area contributed by atoms with Gasteiger partial charge >= 0.3 is 0 Å². The van der Waals surface area contributed by atoms with E-state index in [9.17, 15) is 18.0 Å². The first-order valence-corrected chi connectivity index (χ1v) is 14.0. The van der Waals surface area contributed by atoms with Gasteiger partial charge in [-0.1, -0.05) is 29.8 Å². The van der Waals surface area contributed by atoms with Crippen molar-refractivity contribution in [1.29, 1.82) is 0 Å². The summed E-state index contributed by atoms with van der Waals surface area (Å²) in [6, 6.07) is 12.8. The summed E-state index contributed by atoms with van der Waals surface area (Å²) >= 11 is 0. The zero-order chi connectivity index (χ0) is 26.4. The summed E-state index contributed by atoms with van der Waals surface area (Å²) in [4.78, 5) is 30.2. The zero-order valence-electron chi connectivity index (χ0n) is 21.4. The Morgan fingerprint density at radius 2 is 1.70 bits per heavy atom. The van der Waals surface area contributed by atoms with Gasteiger partial charge in [0.1, 0.15) is 6.04 Å². The maximum Gasteiger partial charge on any atom is 0.264 e. The molecule has 0 saturated carbocycles. The van der Waals surface area contributed by atoms with Crippen molar-refractivity contribution in [3.05, 3.63) is 72.1 Å². The van der Waals surface area contributed by atoms with Crippen molar-refractivity contribution in [3.8, 4) is 0 Å². The molecule has 2 aliphatic heterocycles. The second-order valence-electron chi connectivity index (χ2n) is 9.69. The molecule has 37 heavy (non-hydrogen) atoms. The van der Waals surface area contributed by atoms with Gasteiger partial charge in [0.25, 0.3) is 10.0 Å². The number of carbonyl (C=O) groups is 2.